The van der Waals surface area contributed by atoms with Gasteiger partial charge in [-0.3, -0.25) is 9.59 Å². The second-order valence-electron chi connectivity index (χ2n) is 6.44. The van der Waals surface area contributed by atoms with Gasteiger partial charge in [-0.2, -0.15) is 10.2 Å². The van der Waals surface area contributed by atoms with Crippen molar-refractivity contribution in [2.45, 2.75) is 12.3 Å². The smallest absolute Gasteiger partial charge is 0.255 e. The molecule has 6 heteroatoms. The van der Waals surface area contributed by atoms with Crippen LogP contribution < -0.4 is 5.32 Å². The molecular formula is C18H18N4O2. The van der Waals surface area contributed by atoms with Gasteiger partial charge in [0.25, 0.3) is 5.91 Å². The highest BCUT2D eigenvalue weighted by Crippen LogP contribution is 2.47. The summed E-state index contributed by atoms with van der Waals surface area (Å²) in [5.74, 6) is 0.0624. The van der Waals surface area contributed by atoms with Crippen LogP contribution in [0.25, 0.3) is 0 Å². The number of hydrogen-bond donors (Lipinski definition) is 1. The molecule has 0 bridgehead atoms. The van der Waals surface area contributed by atoms with E-state index in [1.165, 1.54) is 12.4 Å². The van der Waals surface area contributed by atoms with E-state index in [4.69, 9.17) is 0 Å². The molecule has 2 aliphatic heterocycles. The second kappa shape index (κ2) is 5.70. The Labute approximate surface area is 139 Å². The normalized spacial score (nSPS) is 25.9. The molecule has 0 aliphatic carbocycles. The number of carbonyl (C=O) groups is 2. The predicted molar refractivity (Wildman–Crippen MR) is 87.2 cm³/mol. The third-order valence-electron chi connectivity index (χ3n) is 5.21. The van der Waals surface area contributed by atoms with Gasteiger partial charge in [-0.15, -0.1) is 0 Å². The molecule has 2 aromatic rings. The van der Waals surface area contributed by atoms with Crippen molar-refractivity contribution >= 4 is 11.8 Å². The molecule has 2 atom stereocenters. The van der Waals surface area contributed by atoms with Crippen molar-refractivity contribution in [2.75, 3.05) is 19.6 Å². The van der Waals surface area contributed by atoms with Crippen LogP contribution in [0.15, 0.2) is 48.8 Å². The molecule has 2 aliphatic rings. The third kappa shape index (κ3) is 2.26. The van der Waals surface area contributed by atoms with Crippen LogP contribution in [0, 0.1) is 5.41 Å². The van der Waals surface area contributed by atoms with E-state index in [2.05, 4.69) is 27.6 Å². The first-order chi connectivity index (χ1) is 11.7. The molecular weight excluding hydrogens is 304 g/mol. The van der Waals surface area contributed by atoms with E-state index in [0.717, 1.165) is 5.56 Å². The van der Waals surface area contributed by atoms with E-state index in [1.54, 1.807) is 11.0 Å². The van der Waals surface area contributed by atoms with Crippen molar-refractivity contribution in [2.24, 2.45) is 5.41 Å². The Bertz CT molecular complexity index is 765. The predicted octanol–water partition coefficient (Wildman–Crippen LogP) is 1.22. The average molecular weight is 322 g/mol. The molecule has 2 amide bonds. The second-order valence-corrected chi connectivity index (χ2v) is 6.44. The zero-order chi connectivity index (χ0) is 16.6. The van der Waals surface area contributed by atoms with Crippen LogP contribution in [0.2, 0.25) is 0 Å². The van der Waals surface area contributed by atoms with Crippen LogP contribution in [-0.2, 0) is 4.79 Å². The molecule has 1 aromatic carbocycles. The van der Waals surface area contributed by atoms with Gasteiger partial charge in [-0.1, -0.05) is 30.3 Å². The zero-order valence-electron chi connectivity index (χ0n) is 13.2. The summed E-state index contributed by atoms with van der Waals surface area (Å²) in [7, 11) is 0. The van der Waals surface area contributed by atoms with E-state index < -0.39 is 5.41 Å². The standard InChI is InChI=1S/C18H18N4O2/c23-16(14-6-8-20-21-10-14)22-9-7-18(12-22)15(11-19-17(18)24)13-4-2-1-3-5-13/h1-6,8,10,15H,7,9,11-12H2,(H,19,24). The number of nitrogens with zero attached hydrogens (tertiary/aromatic N) is 3. The molecule has 1 spiro atoms. The van der Waals surface area contributed by atoms with Crippen LogP contribution in [0.3, 0.4) is 0 Å². The summed E-state index contributed by atoms with van der Waals surface area (Å²) in [5.41, 5.74) is 1.13. The molecule has 0 radical (unpaired) electrons. The highest BCUT2D eigenvalue weighted by atomic mass is 16.2. The van der Waals surface area contributed by atoms with E-state index in [1.807, 2.05) is 18.2 Å². The SMILES string of the molecule is O=C(c1ccnnc1)N1CCC2(C1)C(=O)NCC2c1ccccc1. The Morgan fingerprint density at radius 1 is 1.21 bits per heavy atom. The number of nitrogens with one attached hydrogen (secondary N) is 1. The van der Waals surface area contributed by atoms with Crippen molar-refractivity contribution in [3.8, 4) is 0 Å². The minimum Gasteiger partial charge on any atom is -0.355 e. The molecule has 3 heterocycles. The lowest BCUT2D eigenvalue weighted by Crippen LogP contribution is -2.39. The molecule has 2 fully saturated rings. The fourth-order valence-corrected chi connectivity index (χ4v) is 3.92. The van der Waals surface area contributed by atoms with Crippen LogP contribution >= 0.6 is 0 Å². The van der Waals surface area contributed by atoms with Crippen molar-refractivity contribution in [3.63, 3.8) is 0 Å². The van der Waals surface area contributed by atoms with E-state index >= 15 is 0 Å². The zero-order valence-corrected chi connectivity index (χ0v) is 13.2. The highest BCUT2D eigenvalue weighted by molar-refractivity contribution is 5.95. The van der Waals surface area contributed by atoms with Crippen LogP contribution in [-0.4, -0.2) is 46.5 Å². The number of aromatic nitrogens is 2. The monoisotopic (exact) mass is 322 g/mol. The number of carbonyl (C=O) groups excluding carboxylic acids is 2. The summed E-state index contributed by atoms with van der Waals surface area (Å²) in [6.45, 7) is 1.65. The molecule has 2 saturated heterocycles. The Hall–Kier alpha value is -2.76. The number of amides is 2. The summed E-state index contributed by atoms with van der Waals surface area (Å²) in [6.07, 6.45) is 3.66. The minimum atomic E-state index is -0.530. The van der Waals surface area contributed by atoms with Gasteiger partial charge in [0.2, 0.25) is 5.91 Å². The first kappa shape index (κ1) is 14.8. The molecule has 122 valence electrons. The van der Waals surface area contributed by atoms with Crippen molar-refractivity contribution in [1.82, 2.24) is 20.4 Å². The van der Waals surface area contributed by atoms with E-state index in [0.29, 0.717) is 31.6 Å². The lowest BCUT2D eigenvalue weighted by molar-refractivity contribution is -0.127. The summed E-state index contributed by atoms with van der Waals surface area (Å²) in [6, 6.07) is 11.7. The first-order valence-electron chi connectivity index (χ1n) is 8.10. The minimum absolute atomic E-state index is 0.0551. The molecule has 24 heavy (non-hydrogen) atoms. The number of likely N-dealkylation sites (tertiary alicyclic amines) is 1. The van der Waals surface area contributed by atoms with Crippen LogP contribution in [0.5, 0.6) is 0 Å². The third-order valence-corrected chi connectivity index (χ3v) is 5.21. The largest absolute Gasteiger partial charge is 0.355 e. The lowest BCUT2D eigenvalue weighted by Gasteiger charge is -2.28. The van der Waals surface area contributed by atoms with Gasteiger partial charge in [0, 0.05) is 25.6 Å². The van der Waals surface area contributed by atoms with Gasteiger partial charge in [0.05, 0.1) is 23.4 Å². The first-order valence-corrected chi connectivity index (χ1v) is 8.10. The summed E-state index contributed by atoms with van der Waals surface area (Å²) in [4.78, 5) is 27.0. The summed E-state index contributed by atoms with van der Waals surface area (Å²) >= 11 is 0. The van der Waals surface area contributed by atoms with Gasteiger partial charge in [0.15, 0.2) is 0 Å². The molecule has 0 saturated carbocycles. The quantitative estimate of drug-likeness (QED) is 0.902. The van der Waals surface area contributed by atoms with Gasteiger partial charge < -0.3 is 10.2 Å². The van der Waals surface area contributed by atoms with E-state index in [9.17, 15) is 9.59 Å². The Kier molecular flexibility index (Phi) is 3.52. The van der Waals surface area contributed by atoms with Gasteiger partial charge in [-0.05, 0) is 18.1 Å². The van der Waals surface area contributed by atoms with Crippen molar-refractivity contribution in [1.29, 1.82) is 0 Å². The molecule has 1 N–H and O–H groups in total. The highest BCUT2D eigenvalue weighted by Gasteiger charge is 2.55. The fraction of sp³-hybridized carbons (Fsp3) is 0.333. The maximum atomic E-state index is 12.7. The van der Waals surface area contributed by atoms with Gasteiger partial charge in [0.1, 0.15) is 0 Å². The van der Waals surface area contributed by atoms with Crippen LogP contribution in [0.4, 0.5) is 0 Å². The lowest BCUT2D eigenvalue weighted by atomic mass is 9.73. The van der Waals surface area contributed by atoms with Gasteiger partial charge >= 0.3 is 0 Å². The van der Waals surface area contributed by atoms with Gasteiger partial charge in [-0.25, -0.2) is 0 Å². The maximum absolute atomic E-state index is 12.7. The summed E-state index contributed by atoms with van der Waals surface area (Å²) in [5, 5.41) is 10.5. The van der Waals surface area contributed by atoms with Crippen LogP contribution in [0.1, 0.15) is 28.3 Å². The topological polar surface area (TPSA) is 75.2 Å². The van der Waals surface area contributed by atoms with Crippen molar-refractivity contribution < 1.29 is 9.59 Å². The Morgan fingerprint density at radius 3 is 2.79 bits per heavy atom. The van der Waals surface area contributed by atoms with Crippen molar-refractivity contribution in [3.05, 3.63) is 59.9 Å². The maximum Gasteiger partial charge on any atom is 0.255 e. The van der Waals surface area contributed by atoms with E-state index in [-0.39, 0.29) is 17.7 Å². The molecule has 1 aromatic heterocycles. The fourth-order valence-electron chi connectivity index (χ4n) is 3.92. The number of rotatable bonds is 2. The Balaban J connectivity index is 1.61. The molecule has 6 nitrogen and oxygen atoms in total. The number of benzene rings is 1. The Morgan fingerprint density at radius 2 is 2.04 bits per heavy atom. The molecule has 2 unspecified atom stereocenters. The average Bonchev–Trinajstić information content (AvgIpc) is 3.22. The number of hydrogen-bond acceptors (Lipinski definition) is 4. The summed E-state index contributed by atoms with van der Waals surface area (Å²) < 4.78 is 0. The molecule has 4 rings (SSSR count).